The Balaban J connectivity index is 0.00000320. The number of benzene rings is 2. The molecule has 2 N–H and O–H groups in total. The molecule has 0 aliphatic rings. The first-order valence-corrected chi connectivity index (χ1v) is 9.04. The maximum atomic E-state index is 12.5. The number of alkyl halides is 2. The highest BCUT2D eigenvalue weighted by Crippen LogP contribution is 2.20. The fourth-order valence-corrected chi connectivity index (χ4v) is 2.65. The van der Waals surface area contributed by atoms with Gasteiger partial charge in [-0.25, -0.2) is 4.98 Å². The summed E-state index contributed by atoms with van der Waals surface area (Å²) < 4.78 is 35.1. The van der Waals surface area contributed by atoms with Gasteiger partial charge in [-0.2, -0.15) is 8.78 Å². The minimum absolute atomic E-state index is 0. The third-order valence-electron chi connectivity index (χ3n) is 4.15. The Labute approximate surface area is 190 Å². The largest absolute Gasteiger partial charge is 0.444 e. The van der Waals surface area contributed by atoms with Crippen LogP contribution in [0.15, 0.2) is 64.2 Å². The zero-order chi connectivity index (χ0) is 20.6. The van der Waals surface area contributed by atoms with Gasteiger partial charge in [0.1, 0.15) is 12.0 Å². The van der Waals surface area contributed by atoms with Crippen LogP contribution in [-0.4, -0.2) is 24.6 Å². The fraction of sp³-hybridized carbons (Fsp3) is 0.238. The molecule has 9 heteroatoms. The van der Waals surface area contributed by atoms with E-state index in [1.54, 1.807) is 31.5 Å². The lowest BCUT2D eigenvalue weighted by Gasteiger charge is -2.14. The predicted molar refractivity (Wildman–Crippen MR) is 122 cm³/mol. The SMILES string of the molecule is CN=C(NCc1coc(-c2ccc(C)cc2)n1)NCc1ccccc1OC(F)F.I. The van der Waals surface area contributed by atoms with Gasteiger partial charge >= 0.3 is 6.61 Å². The Morgan fingerprint density at radius 2 is 1.80 bits per heavy atom. The lowest BCUT2D eigenvalue weighted by atomic mass is 10.1. The number of para-hydroxylation sites is 1. The summed E-state index contributed by atoms with van der Waals surface area (Å²) in [5, 5.41) is 6.19. The van der Waals surface area contributed by atoms with Crippen LogP contribution >= 0.6 is 24.0 Å². The van der Waals surface area contributed by atoms with Crippen molar-refractivity contribution < 1.29 is 17.9 Å². The van der Waals surface area contributed by atoms with Crippen molar-refractivity contribution in [3.63, 3.8) is 0 Å². The van der Waals surface area contributed by atoms with Crippen LogP contribution in [0.3, 0.4) is 0 Å². The number of aliphatic imine (C=N–C) groups is 1. The second-order valence-corrected chi connectivity index (χ2v) is 6.28. The molecule has 0 unspecified atom stereocenters. The summed E-state index contributed by atoms with van der Waals surface area (Å²) in [7, 11) is 1.62. The van der Waals surface area contributed by atoms with Crippen molar-refractivity contribution in [2.24, 2.45) is 4.99 Å². The number of hydrogen-bond acceptors (Lipinski definition) is 4. The summed E-state index contributed by atoms with van der Waals surface area (Å²) in [4.78, 5) is 8.60. The Morgan fingerprint density at radius 1 is 1.10 bits per heavy atom. The van der Waals surface area contributed by atoms with Gasteiger partial charge in [0.25, 0.3) is 0 Å². The topological polar surface area (TPSA) is 71.7 Å². The Bertz CT molecular complexity index is 962. The highest BCUT2D eigenvalue weighted by molar-refractivity contribution is 14.0. The molecule has 0 radical (unpaired) electrons. The lowest BCUT2D eigenvalue weighted by molar-refractivity contribution is -0.0504. The van der Waals surface area contributed by atoms with Crippen molar-refractivity contribution in [1.82, 2.24) is 15.6 Å². The number of rotatable bonds is 7. The van der Waals surface area contributed by atoms with Crippen molar-refractivity contribution in [2.75, 3.05) is 7.05 Å². The van der Waals surface area contributed by atoms with Gasteiger partial charge in [-0.15, -0.1) is 24.0 Å². The van der Waals surface area contributed by atoms with E-state index in [0.29, 0.717) is 29.7 Å². The first-order valence-electron chi connectivity index (χ1n) is 9.04. The molecule has 0 saturated carbocycles. The van der Waals surface area contributed by atoms with Crippen molar-refractivity contribution in [1.29, 1.82) is 0 Å². The number of ether oxygens (including phenoxy) is 1. The Hall–Kier alpha value is -2.69. The summed E-state index contributed by atoms with van der Waals surface area (Å²) in [6.45, 7) is -0.186. The molecule has 0 atom stereocenters. The molecule has 1 aromatic heterocycles. The maximum absolute atomic E-state index is 12.5. The molecule has 2 aromatic carbocycles. The average Bonchev–Trinajstić information content (AvgIpc) is 3.18. The van der Waals surface area contributed by atoms with Crippen LogP contribution in [0.5, 0.6) is 5.75 Å². The Kier molecular flexibility index (Phi) is 9.03. The molecule has 3 aromatic rings. The summed E-state index contributed by atoms with van der Waals surface area (Å²) in [6, 6.07) is 14.5. The van der Waals surface area contributed by atoms with E-state index in [9.17, 15) is 8.78 Å². The average molecular weight is 528 g/mol. The van der Waals surface area contributed by atoms with Gasteiger partial charge in [-0.1, -0.05) is 35.9 Å². The van der Waals surface area contributed by atoms with Crippen LogP contribution in [0.1, 0.15) is 16.8 Å². The van der Waals surface area contributed by atoms with Crippen LogP contribution in [-0.2, 0) is 13.1 Å². The number of aromatic nitrogens is 1. The number of nitrogens with zero attached hydrogens (tertiary/aromatic N) is 2. The van der Waals surface area contributed by atoms with Gasteiger partial charge in [0.15, 0.2) is 5.96 Å². The smallest absolute Gasteiger partial charge is 0.387 e. The summed E-state index contributed by atoms with van der Waals surface area (Å²) in [5.41, 5.74) is 3.38. The van der Waals surface area contributed by atoms with Gasteiger partial charge in [0.05, 0.1) is 12.2 Å². The second kappa shape index (κ2) is 11.5. The van der Waals surface area contributed by atoms with Crippen molar-refractivity contribution in [3.8, 4) is 17.2 Å². The molecule has 160 valence electrons. The van der Waals surface area contributed by atoms with E-state index in [1.165, 1.54) is 6.07 Å². The van der Waals surface area contributed by atoms with Crippen molar-refractivity contribution in [3.05, 3.63) is 71.6 Å². The molecule has 3 rings (SSSR count). The molecule has 0 aliphatic carbocycles. The van der Waals surface area contributed by atoms with Crippen LogP contribution < -0.4 is 15.4 Å². The van der Waals surface area contributed by atoms with E-state index >= 15 is 0 Å². The van der Waals surface area contributed by atoms with Gasteiger partial charge < -0.3 is 19.8 Å². The van der Waals surface area contributed by atoms with Crippen molar-refractivity contribution >= 4 is 29.9 Å². The molecule has 0 aliphatic heterocycles. The third-order valence-corrected chi connectivity index (χ3v) is 4.15. The second-order valence-electron chi connectivity index (χ2n) is 6.28. The van der Waals surface area contributed by atoms with E-state index in [2.05, 4.69) is 25.3 Å². The maximum Gasteiger partial charge on any atom is 0.387 e. The first-order chi connectivity index (χ1) is 14.0. The van der Waals surface area contributed by atoms with Crippen LogP contribution in [0, 0.1) is 6.92 Å². The highest BCUT2D eigenvalue weighted by Gasteiger charge is 2.10. The number of nitrogens with one attached hydrogen (secondary N) is 2. The normalized spacial score (nSPS) is 11.2. The molecule has 0 amide bonds. The van der Waals surface area contributed by atoms with Gasteiger partial charge in [-0.05, 0) is 25.1 Å². The van der Waals surface area contributed by atoms with Crippen LogP contribution in [0.2, 0.25) is 0 Å². The monoisotopic (exact) mass is 528 g/mol. The van der Waals surface area contributed by atoms with E-state index < -0.39 is 6.61 Å². The van der Waals surface area contributed by atoms with E-state index in [4.69, 9.17) is 4.42 Å². The highest BCUT2D eigenvalue weighted by atomic mass is 127. The van der Waals surface area contributed by atoms with Crippen LogP contribution in [0.25, 0.3) is 11.5 Å². The standard InChI is InChI=1S/C21H22F2N4O2.HI/c1-14-7-9-15(10-8-14)19-27-17(13-28-19)12-26-21(24-2)25-11-16-5-3-4-6-18(16)29-20(22)23;/h3-10,13,20H,11-12H2,1-2H3,(H2,24,25,26);1H. The van der Waals surface area contributed by atoms with Gasteiger partial charge in [-0.3, -0.25) is 4.99 Å². The molecule has 0 spiro atoms. The van der Waals surface area contributed by atoms with Gasteiger partial charge in [0.2, 0.25) is 5.89 Å². The molecule has 0 bridgehead atoms. The predicted octanol–water partition coefficient (Wildman–Crippen LogP) is 4.73. The number of halogens is 3. The number of hydrogen-bond donors (Lipinski definition) is 2. The van der Waals surface area contributed by atoms with E-state index in [1.807, 2.05) is 31.2 Å². The molecule has 0 fully saturated rings. The summed E-state index contributed by atoms with van der Waals surface area (Å²) >= 11 is 0. The molecule has 30 heavy (non-hydrogen) atoms. The van der Waals surface area contributed by atoms with Crippen molar-refractivity contribution in [2.45, 2.75) is 26.6 Å². The molecular formula is C21H23F2IN4O2. The zero-order valence-corrected chi connectivity index (χ0v) is 18.9. The van der Waals surface area contributed by atoms with Gasteiger partial charge in [0, 0.05) is 24.7 Å². The number of oxazole rings is 1. The number of aryl methyl sites for hydroxylation is 1. The van der Waals surface area contributed by atoms with E-state index in [0.717, 1.165) is 11.1 Å². The molecule has 6 nitrogen and oxygen atoms in total. The third kappa shape index (κ3) is 6.68. The quantitative estimate of drug-likeness (QED) is 0.264. The minimum atomic E-state index is -2.87. The number of guanidine groups is 1. The summed E-state index contributed by atoms with van der Waals surface area (Å²) in [6.07, 6.45) is 1.58. The molecule has 0 saturated heterocycles. The zero-order valence-electron chi connectivity index (χ0n) is 16.6. The summed E-state index contributed by atoms with van der Waals surface area (Å²) in [5.74, 6) is 1.17. The Morgan fingerprint density at radius 3 is 2.50 bits per heavy atom. The molecular weight excluding hydrogens is 505 g/mol. The fourth-order valence-electron chi connectivity index (χ4n) is 2.65. The van der Waals surface area contributed by atoms with E-state index in [-0.39, 0.29) is 36.3 Å². The minimum Gasteiger partial charge on any atom is -0.444 e. The van der Waals surface area contributed by atoms with Crippen LogP contribution in [0.4, 0.5) is 8.78 Å². The first kappa shape index (κ1) is 23.6. The molecule has 1 heterocycles. The lowest BCUT2D eigenvalue weighted by Crippen LogP contribution is -2.36.